The van der Waals surface area contributed by atoms with Gasteiger partial charge in [0.05, 0.1) is 6.61 Å². The van der Waals surface area contributed by atoms with Crippen LogP contribution >= 0.6 is 0 Å². The lowest BCUT2D eigenvalue weighted by molar-refractivity contribution is 0.0913. The van der Waals surface area contributed by atoms with Crippen molar-refractivity contribution < 1.29 is 4.74 Å². The lowest BCUT2D eigenvalue weighted by Crippen LogP contribution is -2.52. The molecule has 0 radical (unpaired) electrons. The van der Waals surface area contributed by atoms with E-state index in [1.54, 1.807) is 0 Å². The number of rotatable bonds is 6. The zero-order chi connectivity index (χ0) is 15.2. The average Bonchev–Trinajstić information content (AvgIpc) is 2.48. The molecule has 4 nitrogen and oxygen atoms in total. The van der Waals surface area contributed by atoms with Crippen LogP contribution in [0.15, 0.2) is 24.3 Å². The van der Waals surface area contributed by atoms with Crippen LogP contribution in [-0.2, 0) is 0 Å². The molecule has 0 aliphatic carbocycles. The van der Waals surface area contributed by atoms with Gasteiger partial charge in [-0.3, -0.25) is 4.90 Å². The number of hydrogen-bond donors (Lipinski definition) is 1. The second kappa shape index (κ2) is 7.78. The van der Waals surface area contributed by atoms with E-state index in [-0.39, 0.29) is 0 Å². The lowest BCUT2D eigenvalue weighted by atomic mass is 10.0. The van der Waals surface area contributed by atoms with Crippen molar-refractivity contribution in [3.63, 3.8) is 0 Å². The summed E-state index contributed by atoms with van der Waals surface area (Å²) in [6.45, 7) is 9.56. The van der Waals surface area contributed by atoms with Gasteiger partial charge < -0.3 is 15.0 Å². The van der Waals surface area contributed by atoms with E-state index in [9.17, 15) is 0 Å². The summed E-state index contributed by atoms with van der Waals surface area (Å²) in [5.41, 5.74) is 1.33. The van der Waals surface area contributed by atoms with E-state index in [1.807, 2.05) is 14.0 Å². The molecule has 118 valence electrons. The molecule has 1 fully saturated rings. The molecule has 1 aromatic carbocycles. The van der Waals surface area contributed by atoms with Crippen molar-refractivity contribution in [2.24, 2.45) is 0 Å². The Labute approximate surface area is 129 Å². The van der Waals surface area contributed by atoms with Crippen molar-refractivity contribution >= 4 is 0 Å². The Kier molecular flexibility index (Phi) is 6.03. The standard InChI is InChI=1S/C17H29N3O/c1-5-21-16-8-6-15(7-9-16)17(18-3)13-20-11-10-19(4)12-14(20)2/h6-9,14,17-18H,5,10-13H2,1-4H3. The summed E-state index contributed by atoms with van der Waals surface area (Å²) in [4.78, 5) is 4.99. The van der Waals surface area contributed by atoms with Gasteiger partial charge >= 0.3 is 0 Å². The van der Waals surface area contributed by atoms with Gasteiger partial charge in [-0.25, -0.2) is 0 Å². The third kappa shape index (κ3) is 4.43. The maximum atomic E-state index is 5.52. The van der Waals surface area contributed by atoms with Gasteiger partial charge in [-0.1, -0.05) is 12.1 Å². The number of nitrogens with zero attached hydrogens (tertiary/aromatic N) is 2. The van der Waals surface area contributed by atoms with Gasteiger partial charge in [0, 0.05) is 38.3 Å². The molecule has 1 aliphatic rings. The number of nitrogens with one attached hydrogen (secondary N) is 1. The van der Waals surface area contributed by atoms with Gasteiger partial charge in [0.2, 0.25) is 0 Å². The summed E-state index contributed by atoms with van der Waals surface area (Å²) >= 11 is 0. The molecule has 0 aromatic heterocycles. The molecule has 2 atom stereocenters. The number of piperazine rings is 1. The van der Waals surface area contributed by atoms with Gasteiger partial charge in [-0.2, -0.15) is 0 Å². The van der Waals surface area contributed by atoms with Crippen molar-refractivity contribution in [2.45, 2.75) is 25.9 Å². The minimum Gasteiger partial charge on any atom is -0.494 e. The predicted octanol–water partition coefficient (Wildman–Crippen LogP) is 1.98. The average molecular weight is 291 g/mol. The second-order valence-corrected chi connectivity index (χ2v) is 5.95. The highest BCUT2D eigenvalue weighted by atomic mass is 16.5. The summed E-state index contributed by atoms with van der Waals surface area (Å²) in [6.07, 6.45) is 0. The van der Waals surface area contributed by atoms with Crippen molar-refractivity contribution in [3.05, 3.63) is 29.8 Å². The van der Waals surface area contributed by atoms with Gasteiger partial charge in [0.15, 0.2) is 0 Å². The minimum absolute atomic E-state index is 0.367. The van der Waals surface area contributed by atoms with Crippen LogP contribution in [0.2, 0.25) is 0 Å². The molecule has 2 rings (SSSR count). The largest absolute Gasteiger partial charge is 0.494 e. The van der Waals surface area contributed by atoms with Crippen LogP contribution in [0.1, 0.15) is 25.5 Å². The summed E-state index contributed by atoms with van der Waals surface area (Å²) in [5.74, 6) is 0.948. The van der Waals surface area contributed by atoms with Gasteiger partial charge in [-0.05, 0) is 45.6 Å². The predicted molar refractivity (Wildman–Crippen MR) is 87.9 cm³/mol. The van der Waals surface area contributed by atoms with Crippen molar-refractivity contribution in [2.75, 3.05) is 46.9 Å². The molecular weight excluding hydrogens is 262 g/mol. The van der Waals surface area contributed by atoms with E-state index in [0.29, 0.717) is 18.7 Å². The van der Waals surface area contributed by atoms with E-state index in [4.69, 9.17) is 4.74 Å². The lowest BCUT2D eigenvalue weighted by Gasteiger charge is -2.40. The minimum atomic E-state index is 0.367. The smallest absolute Gasteiger partial charge is 0.119 e. The van der Waals surface area contributed by atoms with Crippen molar-refractivity contribution in [3.8, 4) is 5.75 Å². The van der Waals surface area contributed by atoms with Crippen LogP contribution in [-0.4, -0.2) is 62.7 Å². The Morgan fingerprint density at radius 3 is 2.57 bits per heavy atom. The zero-order valence-electron chi connectivity index (χ0n) is 13.8. The molecule has 4 heteroatoms. The maximum Gasteiger partial charge on any atom is 0.119 e. The van der Waals surface area contributed by atoms with Crippen LogP contribution in [0.5, 0.6) is 5.75 Å². The molecule has 21 heavy (non-hydrogen) atoms. The quantitative estimate of drug-likeness (QED) is 0.867. The first-order valence-electron chi connectivity index (χ1n) is 7.96. The number of likely N-dealkylation sites (N-methyl/N-ethyl adjacent to an activating group) is 2. The monoisotopic (exact) mass is 291 g/mol. The van der Waals surface area contributed by atoms with Crippen LogP contribution < -0.4 is 10.1 Å². The fourth-order valence-corrected chi connectivity index (χ4v) is 3.01. The zero-order valence-corrected chi connectivity index (χ0v) is 13.8. The molecule has 1 aromatic rings. The maximum absolute atomic E-state index is 5.52. The summed E-state index contributed by atoms with van der Waals surface area (Å²) in [5, 5.41) is 3.45. The van der Waals surface area contributed by atoms with Crippen LogP contribution in [0.25, 0.3) is 0 Å². The highest BCUT2D eigenvalue weighted by Gasteiger charge is 2.24. The molecule has 2 unspecified atom stereocenters. The fourth-order valence-electron chi connectivity index (χ4n) is 3.01. The van der Waals surface area contributed by atoms with Gasteiger partial charge in [0.1, 0.15) is 5.75 Å². The highest BCUT2D eigenvalue weighted by Crippen LogP contribution is 2.20. The summed E-state index contributed by atoms with van der Waals surface area (Å²) < 4.78 is 5.52. The number of hydrogen-bond acceptors (Lipinski definition) is 4. The molecular formula is C17H29N3O. The molecule has 1 heterocycles. The summed E-state index contributed by atoms with van der Waals surface area (Å²) in [6, 6.07) is 9.46. The number of ether oxygens (including phenoxy) is 1. The molecule has 0 amide bonds. The van der Waals surface area contributed by atoms with E-state index in [2.05, 4.69) is 53.4 Å². The molecule has 1 aliphatic heterocycles. The van der Waals surface area contributed by atoms with Crippen LogP contribution in [0.3, 0.4) is 0 Å². The van der Waals surface area contributed by atoms with Crippen LogP contribution in [0.4, 0.5) is 0 Å². The number of benzene rings is 1. The Hall–Kier alpha value is -1.10. The molecule has 0 spiro atoms. The van der Waals surface area contributed by atoms with E-state index in [1.165, 1.54) is 5.56 Å². The van der Waals surface area contributed by atoms with Crippen molar-refractivity contribution in [1.82, 2.24) is 15.1 Å². The molecule has 1 saturated heterocycles. The highest BCUT2D eigenvalue weighted by molar-refractivity contribution is 5.29. The SMILES string of the molecule is CCOc1ccc(C(CN2CCN(C)CC2C)NC)cc1. The van der Waals surface area contributed by atoms with Gasteiger partial charge in [0.25, 0.3) is 0 Å². The first-order valence-corrected chi connectivity index (χ1v) is 7.96. The Morgan fingerprint density at radius 1 is 1.29 bits per heavy atom. The Morgan fingerprint density at radius 2 is 2.00 bits per heavy atom. The Bertz CT molecular complexity index is 421. The topological polar surface area (TPSA) is 27.7 Å². The molecule has 1 N–H and O–H groups in total. The molecule has 0 saturated carbocycles. The van der Waals surface area contributed by atoms with E-state index in [0.717, 1.165) is 31.9 Å². The Balaban J connectivity index is 1.98. The first kappa shape index (κ1) is 16.3. The van der Waals surface area contributed by atoms with Gasteiger partial charge in [-0.15, -0.1) is 0 Å². The van der Waals surface area contributed by atoms with Crippen molar-refractivity contribution in [1.29, 1.82) is 0 Å². The fraction of sp³-hybridized carbons (Fsp3) is 0.647. The third-order valence-electron chi connectivity index (χ3n) is 4.33. The third-order valence-corrected chi connectivity index (χ3v) is 4.33. The van der Waals surface area contributed by atoms with E-state index >= 15 is 0 Å². The first-order chi connectivity index (χ1) is 10.1. The van der Waals surface area contributed by atoms with E-state index < -0.39 is 0 Å². The molecule has 0 bridgehead atoms. The normalized spacial score (nSPS) is 22.2. The summed E-state index contributed by atoms with van der Waals surface area (Å²) in [7, 11) is 4.25. The van der Waals surface area contributed by atoms with Crippen LogP contribution in [0, 0.1) is 0 Å². The second-order valence-electron chi connectivity index (χ2n) is 5.95.